The summed E-state index contributed by atoms with van der Waals surface area (Å²) in [4.78, 5) is 4.49. The van der Waals surface area contributed by atoms with Crippen molar-refractivity contribution in [3.05, 3.63) is 60.0 Å². The molecule has 0 saturated heterocycles. The summed E-state index contributed by atoms with van der Waals surface area (Å²) in [6.07, 6.45) is 1.86. The largest absolute Gasteiger partial charge is 0.491 e. The number of pyridine rings is 1. The molecule has 0 unspecified atom stereocenters. The summed E-state index contributed by atoms with van der Waals surface area (Å²) >= 11 is 0. The summed E-state index contributed by atoms with van der Waals surface area (Å²) in [6, 6.07) is 11.8. The van der Waals surface area contributed by atoms with Gasteiger partial charge in [-0.05, 0) is 57.2 Å². The first kappa shape index (κ1) is 17.4. The lowest BCUT2D eigenvalue weighted by atomic mass is 10.3. The van der Waals surface area contributed by atoms with Gasteiger partial charge in [0.25, 0.3) is 10.1 Å². The smallest absolute Gasteiger partial charge is 0.297 e. The van der Waals surface area contributed by atoms with Crippen LogP contribution in [0.4, 0.5) is 0 Å². The Balaban J connectivity index is 1.78. The van der Waals surface area contributed by atoms with Crippen LogP contribution < -0.4 is 4.74 Å². The van der Waals surface area contributed by atoms with Crippen LogP contribution in [-0.2, 0) is 20.9 Å². The summed E-state index contributed by atoms with van der Waals surface area (Å²) in [5.74, 6) is 0.617. The molecule has 0 fully saturated rings. The van der Waals surface area contributed by atoms with E-state index in [-0.39, 0.29) is 17.6 Å². The van der Waals surface area contributed by atoms with E-state index < -0.39 is 10.1 Å². The van der Waals surface area contributed by atoms with Gasteiger partial charge >= 0.3 is 0 Å². The Morgan fingerprint density at radius 2 is 1.84 bits per heavy atom. The first-order valence-corrected chi connectivity index (χ1v) is 9.36. The summed E-state index contributed by atoms with van der Waals surface area (Å²) < 4.78 is 37.4. The van der Waals surface area contributed by atoms with Gasteiger partial charge in [0.15, 0.2) is 0 Å². The van der Waals surface area contributed by atoms with Crippen molar-refractivity contribution in [3.8, 4) is 5.75 Å². The van der Waals surface area contributed by atoms with Crippen LogP contribution in [-0.4, -0.2) is 23.9 Å². The van der Waals surface area contributed by atoms with Gasteiger partial charge in [-0.2, -0.15) is 8.42 Å². The van der Waals surface area contributed by atoms with E-state index in [0.29, 0.717) is 11.4 Å². The summed E-state index contributed by atoms with van der Waals surface area (Å²) in [7, 11) is -3.86. The summed E-state index contributed by atoms with van der Waals surface area (Å²) in [6.45, 7) is 5.57. The van der Waals surface area contributed by atoms with Crippen LogP contribution in [0.2, 0.25) is 0 Å². The number of hydrogen-bond donors (Lipinski definition) is 0. The minimum atomic E-state index is -3.86. The number of fused-ring (bicyclic) bond motifs is 1. The van der Waals surface area contributed by atoms with Crippen molar-refractivity contribution in [1.82, 2.24) is 9.38 Å². The number of nitrogens with zero attached hydrogens (tertiary/aromatic N) is 2. The zero-order valence-electron chi connectivity index (χ0n) is 14.3. The minimum absolute atomic E-state index is 0.0248. The zero-order valence-corrected chi connectivity index (χ0v) is 15.2. The lowest BCUT2D eigenvalue weighted by Crippen LogP contribution is -2.09. The van der Waals surface area contributed by atoms with Gasteiger partial charge in [0, 0.05) is 6.20 Å². The Morgan fingerprint density at radius 3 is 2.52 bits per heavy atom. The Bertz CT molecular complexity index is 976. The van der Waals surface area contributed by atoms with E-state index in [4.69, 9.17) is 8.92 Å². The fourth-order valence-electron chi connectivity index (χ4n) is 2.50. The average Bonchev–Trinajstić information content (AvgIpc) is 2.88. The van der Waals surface area contributed by atoms with Crippen molar-refractivity contribution >= 4 is 15.8 Å². The predicted molar refractivity (Wildman–Crippen MR) is 94.1 cm³/mol. The molecular weight excluding hydrogens is 340 g/mol. The fraction of sp³-hybridized carbons (Fsp3) is 0.278. The van der Waals surface area contributed by atoms with Crippen molar-refractivity contribution in [1.29, 1.82) is 0 Å². The van der Waals surface area contributed by atoms with E-state index >= 15 is 0 Å². The number of imidazole rings is 1. The molecule has 6 nitrogen and oxygen atoms in total. The molecule has 0 bridgehead atoms. The zero-order chi connectivity index (χ0) is 18.0. The molecule has 1 aromatic carbocycles. The molecule has 7 heteroatoms. The van der Waals surface area contributed by atoms with Gasteiger partial charge in [-0.1, -0.05) is 6.07 Å². The first-order valence-electron chi connectivity index (χ1n) is 7.95. The molecule has 0 saturated carbocycles. The van der Waals surface area contributed by atoms with Crippen LogP contribution >= 0.6 is 0 Å². The Kier molecular flexibility index (Phi) is 4.78. The third-order valence-electron chi connectivity index (χ3n) is 3.66. The van der Waals surface area contributed by atoms with Crippen LogP contribution in [0.3, 0.4) is 0 Å². The Morgan fingerprint density at radius 1 is 1.12 bits per heavy atom. The van der Waals surface area contributed by atoms with E-state index in [2.05, 4.69) is 4.98 Å². The number of aryl methyl sites for hydroxylation is 1. The Hall–Kier alpha value is -2.38. The van der Waals surface area contributed by atoms with Crippen LogP contribution in [0.15, 0.2) is 53.6 Å². The maximum absolute atomic E-state index is 12.4. The van der Waals surface area contributed by atoms with Crippen LogP contribution in [0, 0.1) is 6.92 Å². The summed E-state index contributed by atoms with van der Waals surface area (Å²) in [5.41, 5.74) is 2.20. The first-order chi connectivity index (χ1) is 11.9. The van der Waals surface area contributed by atoms with Gasteiger partial charge in [0.2, 0.25) is 0 Å². The third-order valence-corrected chi connectivity index (χ3v) is 4.94. The quantitative estimate of drug-likeness (QED) is 0.631. The van der Waals surface area contributed by atoms with Crippen LogP contribution in [0.5, 0.6) is 5.75 Å². The molecule has 3 rings (SSSR count). The molecule has 3 aromatic rings. The minimum Gasteiger partial charge on any atom is -0.491 e. The van der Waals surface area contributed by atoms with Crippen molar-refractivity contribution in [2.24, 2.45) is 0 Å². The predicted octanol–water partition coefficient (Wildman–Crippen LogP) is 3.34. The number of hydrogen-bond acceptors (Lipinski definition) is 5. The standard InChI is InChI=1S/C18H20N2O4S/c1-13(2)24-15-7-9-16(10-8-15)25(21,22)23-12-17-14(3)19-18-6-4-5-11-20(17)18/h4-11,13H,12H2,1-3H3. The Labute approximate surface area is 147 Å². The topological polar surface area (TPSA) is 69.9 Å². The summed E-state index contributed by atoms with van der Waals surface area (Å²) in [5, 5.41) is 0. The van der Waals surface area contributed by atoms with Crippen LogP contribution in [0.25, 0.3) is 5.65 Å². The lowest BCUT2D eigenvalue weighted by Gasteiger charge is -2.10. The van der Waals surface area contributed by atoms with Gasteiger partial charge in [0.1, 0.15) is 18.0 Å². The number of rotatable bonds is 6. The molecule has 0 atom stereocenters. The van der Waals surface area contributed by atoms with Gasteiger partial charge in [0.05, 0.1) is 22.4 Å². The number of ether oxygens (including phenoxy) is 1. The third kappa shape index (κ3) is 3.83. The lowest BCUT2D eigenvalue weighted by molar-refractivity contribution is 0.242. The molecule has 0 aliphatic rings. The van der Waals surface area contributed by atoms with Crippen LogP contribution in [0.1, 0.15) is 25.2 Å². The molecule has 0 amide bonds. The second-order valence-corrected chi connectivity index (χ2v) is 7.54. The highest BCUT2D eigenvalue weighted by Gasteiger charge is 2.18. The van der Waals surface area contributed by atoms with Gasteiger partial charge < -0.3 is 9.14 Å². The maximum Gasteiger partial charge on any atom is 0.297 e. The van der Waals surface area contributed by atoms with Gasteiger partial charge in [-0.15, -0.1) is 0 Å². The normalized spacial score (nSPS) is 12.0. The number of benzene rings is 1. The molecule has 2 heterocycles. The monoisotopic (exact) mass is 360 g/mol. The molecule has 25 heavy (non-hydrogen) atoms. The second kappa shape index (κ2) is 6.85. The van der Waals surface area contributed by atoms with Gasteiger partial charge in [-0.25, -0.2) is 4.98 Å². The SMILES string of the molecule is Cc1nc2ccccn2c1COS(=O)(=O)c1ccc(OC(C)C)cc1. The van der Waals surface area contributed by atoms with Gasteiger partial charge in [-0.3, -0.25) is 4.18 Å². The maximum atomic E-state index is 12.4. The van der Waals surface area contributed by atoms with E-state index in [9.17, 15) is 8.42 Å². The van der Waals surface area contributed by atoms with Crippen molar-refractivity contribution < 1.29 is 17.3 Å². The van der Waals surface area contributed by atoms with E-state index in [1.54, 1.807) is 12.1 Å². The van der Waals surface area contributed by atoms with E-state index in [1.165, 1.54) is 12.1 Å². The molecule has 0 radical (unpaired) electrons. The van der Waals surface area contributed by atoms with Crippen molar-refractivity contribution in [2.45, 2.75) is 38.4 Å². The highest BCUT2D eigenvalue weighted by Crippen LogP contribution is 2.21. The highest BCUT2D eigenvalue weighted by molar-refractivity contribution is 7.86. The van der Waals surface area contributed by atoms with E-state index in [0.717, 1.165) is 11.3 Å². The highest BCUT2D eigenvalue weighted by atomic mass is 32.2. The molecule has 0 N–H and O–H groups in total. The number of aromatic nitrogens is 2. The molecule has 0 spiro atoms. The van der Waals surface area contributed by atoms with Crippen molar-refractivity contribution in [3.63, 3.8) is 0 Å². The molecule has 0 aliphatic carbocycles. The molecule has 132 valence electrons. The average molecular weight is 360 g/mol. The molecule has 2 aromatic heterocycles. The van der Waals surface area contributed by atoms with Crippen molar-refractivity contribution in [2.75, 3.05) is 0 Å². The fourth-order valence-corrected chi connectivity index (χ4v) is 3.37. The molecule has 0 aliphatic heterocycles. The van der Waals surface area contributed by atoms with E-state index in [1.807, 2.05) is 49.6 Å². The second-order valence-electron chi connectivity index (χ2n) is 5.93. The molecular formula is C18H20N2O4S.